The number of thiophene rings is 1. The van der Waals surface area contributed by atoms with Gasteiger partial charge in [0.25, 0.3) is 0 Å². The number of anilines is 1. The maximum absolute atomic E-state index is 12.0. The Morgan fingerprint density at radius 3 is 3.05 bits per heavy atom. The van der Waals surface area contributed by atoms with Crippen LogP contribution in [0.3, 0.4) is 0 Å². The number of esters is 1. The molecular formula is C15H13ClINO2S2. The summed E-state index contributed by atoms with van der Waals surface area (Å²) < 4.78 is 7.36. The minimum atomic E-state index is -0.240. The molecule has 0 saturated carbocycles. The molecule has 3 nitrogen and oxygen atoms in total. The molecule has 0 amide bonds. The van der Waals surface area contributed by atoms with E-state index in [4.69, 9.17) is 16.3 Å². The van der Waals surface area contributed by atoms with Crippen LogP contribution in [0.1, 0.15) is 22.2 Å². The molecule has 0 radical (unpaired) electrons. The zero-order valence-corrected chi connectivity index (χ0v) is 16.3. The molecule has 0 N–H and O–H groups in total. The van der Waals surface area contributed by atoms with Crippen molar-refractivity contribution in [2.24, 2.45) is 0 Å². The first-order chi connectivity index (χ1) is 10.6. The number of ether oxygens (including phenoxy) is 1. The lowest BCUT2D eigenvalue weighted by Crippen LogP contribution is -2.14. The first kappa shape index (κ1) is 16.4. The van der Waals surface area contributed by atoms with Crippen molar-refractivity contribution in [3.05, 3.63) is 39.7 Å². The van der Waals surface area contributed by atoms with E-state index in [9.17, 15) is 4.79 Å². The second-order valence-electron chi connectivity index (χ2n) is 4.77. The third kappa shape index (κ3) is 3.11. The van der Waals surface area contributed by atoms with E-state index >= 15 is 0 Å². The lowest BCUT2D eigenvalue weighted by molar-refractivity contribution is 0.0532. The van der Waals surface area contributed by atoms with Crippen LogP contribution in [0.2, 0.25) is 5.02 Å². The number of halogens is 2. The number of hydrogen-bond donors (Lipinski definition) is 0. The largest absolute Gasteiger partial charge is 0.462 e. The molecule has 1 aliphatic heterocycles. The molecule has 0 bridgehead atoms. The summed E-state index contributed by atoms with van der Waals surface area (Å²) in [5.41, 5.74) is 3.43. The van der Waals surface area contributed by atoms with E-state index in [1.165, 1.54) is 16.9 Å². The molecule has 3 rings (SSSR count). The van der Waals surface area contributed by atoms with Crippen LogP contribution >= 0.6 is 53.3 Å². The van der Waals surface area contributed by atoms with E-state index in [2.05, 4.69) is 25.5 Å². The third-order valence-corrected chi connectivity index (χ3v) is 6.82. The van der Waals surface area contributed by atoms with Crippen molar-refractivity contribution in [3.63, 3.8) is 0 Å². The third-order valence-electron chi connectivity index (χ3n) is 3.43. The number of fused-ring (bicyclic) bond motifs is 3. The number of rotatable bonds is 3. The summed E-state index contributed by atoms with van der Waals surface area (Å²) >= 11 is 9.96. The first-order valence-electron chi connectivity index (χ1n) is 6.80. The van der Waals surface area contributed by atoms with Crippen molar-refractivity contribution < 1.29 is 9.53 Å². The van der Waals surface area contributed by atoms with E-state index in [0.717, 1.165) is 34.1 Å². The van der Waals surface area contributed by atoms with Gasteiger partial charge >= 0.3 is 5.97 Å². The average molecular weight is 466 g/mol. The van der Waals surface area contributed by atoms with Crippen molar-refractivity contribution in [2.45, 2.75) is 13.3 Å². The lowest BCUT2D eigenvalue weighted by Gasteiger charge is -2.20. The fraction of sp³-hybridized carbons (Fsp3) is 0.267. The van der Waals surface area contributed by atoms with Gasteiger partial charge in [-0.2, -0.15) is 0 Å². The number of carbonyl (C=O) groups is 1. The summed E-state index contributed by atoms with van der Waals surface area (Å²) in [6.07, 6.45) is 0.896. The summed E-state index contributed by atoms with van der Waals surface area (Å²) in [5, 5.41) is 0.722. The Labute approximate surface area is 154 Å². The number of benzene rings is 1. The van der Waals surface area contributed by atoms with Gasteiger partial charge in [0.15, 0.2) is 0 Å². The summed E-state index contributed by atoms with van der Waals surface area (Å²) in [7, 11) is 1.66. The SMILES string of the molecule is CCOC(=O)c1cc2c(s1)-c1ccc(Cl)cc1N(SI)CC2. The molecule has 1 aromatic carbocycles. The average Bonchev–Trinajstić information content (AvgIpc) is 2.87. The van der Waals surface area contributed by atoms with Gasteiger partial charge in [0, 0.05) is 52.3 Å². The molecule has 1 aromatic heterocycles. The Hall–Kier alpha value is -0.440. The van der Waals surface area contributed by atoms with Gasteiger partial charge in [0.05, 0.1) is 12.3 Å². The topological polar surface area (TPSA) is 29.5 Å². The lowest BCUT2D eigenvalue weighted by atomic mass is 10.1. The second kappa shape index (κ2) is 6.98. The molecular weight excluding hydrogens is 453 g/mol. The predicted octanol–water partition coefficient (Wildman–Crippen LogP) is 5.61. The predicted molar refractivity (Wildman–Crippen MR) is 103 cm³/mol. The van der Waals surface area contributed by atoms with Gasteiger partial charge in [-0.3, -0.25) is 0 Å². The van der Waals surface area contributed by atoms with Crippen LogP contribution in [0, 0.1) is 0 Å². The van der Waals surface area contributed by atoms with Gasteiger partial charge < -0.3 is 9.04 Å². The molecule has 0 saturated heterocycles. The molecule has 7 heteroatoms. The van der Waals surface area contributed by atoms with Crippen molar-refractivity contribution in [3.8, 4) is 10.4 Å². The van der Waals surface area contributed by atoms with Gasteiger partial charge in [-0.1, -0.05) is 11.6 Å². The van der Waals surface area contributed by atoms with E-state index in [0.29, 0.717) is 11.5 Å². The summed E-state index contributed by atoms with van der Waals surface area (Å²) in [6, 6.07) is 7.89. The van der Waals surface area contributed by atoms with Gasteiger partial charge in [0.1, 0.15) is 4.88 Å². The highest BCUT2D eigenvalue weighted by atomic mass is 127. The summed E-state index contributed by atoms with van der Waals surface area (Å²) in [6.45, 7) is 3.10. The van der Waals surface area contributed by atoms with Crippen LogP contribution in [0.25, 0.3) is 10.4 Å². The first-order valence-corrected chi connectivity index (χ1v) is 11.3. The van der Waals surface area contributed by atoms with Crippen molar-refractivity contribution in [1.82, 2.24) is 0 Å². The molecule has 2 heterocycles. The standard InChI is InChI=1S/C15H13ClINO2S2/c1-2-20-15(19)13-7-9-5-6-18(22-17)12-8-10(16)3-4-11(12)14(9)21-13/h3-4,7-8H,2,5-6H2,1H3. The fourth-order valence-corrected chi connectivity index (χ4v) is 5.38. The molecule has 0 spiro atoms. The smallest absolute Gasteiger partial charge is 0.348 e. The van der Waals surface area contributed by atoms with Crippen LogP contribution in [0.4, 0.5) is 5.69 Å². The van der Waals surface area contributed by atoms with E-state index in [1.54, 1.807) is 9.12 Å². The molecule has 0 atom stereocenters. The molecule has 0 unspecified atom stereocenters. The van der Waals surface area contributed by atoms with Crippen LogP contribution in [-0.4, -0.2) is 19.1 Å². The van der Waals surface area contributed by atoms with Crippen LogP contribution < -0.4 is 4.31 Å². The summed E-state index contributed by atoms with van der Waals surface area (Å²) in [4.78, 5) is 13.8. The van der Waals surface area contributed by atoms with Gasteiger partial charge in [0.2, 0.25) is 0 Å². The quantitative estimate of drug-likeness (QED) is 0.335. The minimum Gasteiger partial charge on any atom is -0.462 e. The Bertz CT molecular complexity index is 720. The number of nitrogens with zero attached hydrogens (tertiary/aromatic N) is 1. The molecule has 116 valence electrons. The Morgan fingerprint density at radius 2 is 2.32 bits per heavy atom. The maximum atomic E-state index is 12.0. The van der Waals surface area contributed by atoms with Crippen molar-refractivity contribution in [1.29, 1.82) is 0 Å². The molecule has 1 aliphatic rings. The second-order valence-corrected chi connectivity index (χ2v) is 8.02. The fourth-order valence-electron chi connectivity index (χ4n) is 2.46. The normalized spacial score (nSPS) is 13.3. The molecule has 0 fully saturated rings. The van der Waals surface area contributed by atoms with E-state index in [1.807, 2.05) is 31.2 Å². The Balaban J connectivity index is 2.10. The monoisotopic (exact) mass is 465 g/mol. The Kier molecular flexibility index (Phi) is 5.21. The molecule has 2 aromatic rings. The number of carbonyl (C=O) groups excluding carboxylic acids is 1. The van der Waals surface area contributed by atoms with Crippen molar-refractivity contribution >= 4 is 64.9 Å². The van der Waals surface area contributed by atoms with Gasteiger partial charge in [-0.15, -0.1) is 11.3 Å². The van der Waals surface area contributed by atoms with Crippen LogP contribution in [0.5, 0.6) is 0 Å². The summed E-state index contributed by atoms with van der Waals surface area (Å²) in [5.74, 6) is -0.240. The highest BCUT2D eigenvalue weighted by molar-refractivity contribution is 14.2. The zero-order chi connectivity index (χ0) is 15.7. The van der Waals surface area contributed by atoms with Gasteiger partial charge in [-0.05, 0) is 43.2 Å². The zero-order valence-electron chi connectivity index (χ0n) is 11.8. The highest BCUT2D eigenvalue weighted by Crippen LogP contribution is 2.45. The van der Waals surface area contributed by atoms with E-state index in [-0.39, 0.29) is 5.97 Å². The van der Waals surface area contributed by atoms with E-state index < -0.39 is 0 Å². The number of hydrogen-bond acceptors (Lipinski definition) is 5. The molecule has 0 aliphatic carbocycles. The molecule has 22 heavy (non-hydrogen) atoms. The van der Waals surface area contributed by atoms with Crippen LogP contribution in [-0.2, 0) is 11.2 Å². The maximum Gasteiger partial charge on any atom is 0.348 e. The van der Waals surface area contributed by atoms with Crippen LogP contribution in [0.15, 0.2) is 24.3 Å². The van der Waals surface area contributed by atoms with Crippen molar-refractivity contribution in [2.75, 3.05) is 17.5 Å². The highest BCUT2D eigenvalue weighted by Gasteiger charge is 2.24. The Morgan fingerprint density at radius 1 is 1.50 bits per heavy atom. The minimum absolute atomic E-state index is 0.240. The van der Waals surface area contributed by atoms with Gasteiger partial charge in [-0.25, -0.2) is 4.79 Å².